The third-order valence-electron chi connectivity index (χ3n) is 2.82. The molecule has 2 heterocycles. The number of hydrogen-bond donors (Lipinski definition) is 2. The predicted molar refractivity (Wildman–Crippen MR) is 58.8 cm³/mol. The van der Waals surface area contributed by atoms with Crippen LogP contribution in [-0.2, 0) is 6.42 Å². The Morgan fingerprint density at radius 3 is 3.07 bits per heavy atom. The highest BCUT2D eigenvalue weighted by atomic mass is 16.1. The van der Waals surface area contributed by atoms with Gasteiger partial charge in [0, 0.05) is 11.8 Å². The number of hydrogen-bond acceptors (Lipinski definition) is 3. The van der Waals surface area contributed by atoms with Gasteiger partial charge in [0.15, 0.2) is 0 Å². The van der Waals surface area contributed by atoms with E-state index in [9.17, 15) is 4.79 Å². The molecule has 82 valence electrons. The monoisotopic (exact) mass is 207 g/mol. The molecule has 1 aromatic heterocycles. The third-order valence-corrected chi connectivity index (χ3v) is 2.82. The third kappa shape index (κ3) is 2.45. The molecule has 0 aliphatic carbocycles. The van der Waals surface area contributed by atoms with Crippen molar-refractivity contribution in [3.8, 4) is 0 Å². The Morgan fingerprint density at radius 2 is 2.40 bits per heavy atom. The highest BCUT2D eigenvalue weighted by Gasteiger charge is 2.17. The number of nitrogens with zero attached hydrogens (tertiary/aromatic N) is 1. The van der Waals surface area contributed by atoms with Crippen LogP contribution in [0.25, 0.3) is 0 Å². The highest BCUT2D eigenvalue weighted by Crippen LogP contribution is 2.18. The Balaban J connectivity index is 2.26. The van der Waals surface area contributed by atoms with Gasteiger partial charge < -0.3 is 10.3 Å². The molecule has 0 amide bonds. The maximum absolute atomic E-state index is 11.4. The van der Waals surface area contributed by atoms with E-state index in [-0.39, 0.29) is 11.6 Å². The molecule has 1 unspecified atom stereocenters. The zero-order chi connectivity index (χ0) is 10.7. The number of rotatable bonds is 2. The Hall–Kier alpha value is -1.16. The molecule has 1 aliphatic rings. The Labute approximate surface area is 89.1 Å². The van der Waals surface area contributed by atoms with Crippen LogP contribution < -0.4 is 10.9 Å². The van der Waals surface area contributed by atoms with Crippen LogP contribution in [0.4, 0.5) is 0 Å². The van der Waals surface area contributed by atoms with E-state index >= 15 is 0 Å². The summed E-state index contributed by atoms with van der Waals surface area (Å²) in [6.45, 7) is 3.03. The van der Waals surface area contributed by atoms with Gasteiger partial charge in [0.25, 0.3) is 5.56 Å². The van der Waals surface area contributed by atoms with Crippen LogP contribution in [0.5, 0.6) is 0 Å². The maximum atomic E-state index is 11.4. The van der Waals surface area contributed by atoms with Gasteiger partial charge in [0.05, 0.1) is 6.04 Å². The molecule has 0 radical (unpaired) electrons. The molecule has 0 aromatic carbocycles. The number of aromatic amines is 1. The lowest BCUT2D eigenvalue weighted by atomic mass is 10.0. The summed E-state index contributed by atoms with van der Waals surface area (Å²) in [6.07, 6.45) is 4.30. The molecule has 0 spiro atoms. The van der Waals surface area contributed by atoms with Crippen LogP contribution in [0.15, 0.2) is 10.9 Å². The molecule has 1 aliphatic heterocycles. The second-order valence-electron chi connectivity index (χ2n) is 3.98. The van der Waals surface area contributed by atoms with Crippen molar-refractivity contribution in [3.05, 3.63) is 27.9 Å². The van der Waals surface area contributed by atoms with Gasteiger partial charge in [-0.1, -0.05) is 13.3 Å². The van der Waals surface area contributed by atoms with Crippen molar-refractivity contribution in [1.29, 1.82) is 0 Å². The molecule has 4 nitrogen and oxygen atoms in total. The maximum Gasteiger partial charge on any atom is 0.251 e. The molecule has 1 aromatic rings. The highest BCUT2D eigenvalue weighted by molar-refractivity contribution is 5.06. The summed E-state index contributed by atoms with van der Waals surface area (Å²) in [5.41, 5.74) is 0.838. The van der Waals surface area contributed by atoms with E-state index in [4.69, 9.17) is 0 Å². The fourth-order valence-corrected chi connectivity index (χ4v) is 1.96. The van der Waals surface area contributed by atoms with Crippen LogP contribution in [-0.4, -0.2) is 16.5 Å². The van der Waals surface area contributed by atoms with E-state index in [0.29, 0.717) is 0 Å². The molecular weight excluding hydrogens is 190 g/mol. The molecule has 0 bridgehead atoms. The van der Waals surface area contributed by atoms with Crippen molar-refractivity contribution >= 4 is 0 Å². The normalized spacial score (nSPS) is 21.5. The number of aryl methyl sites for hydroxylation is 1. The Bertz CT molecular complexity index is 380. The number of nitrogens with one attached hydrogen (secondary N) is 2. The van der Waals surface area contributed by atoms with Crippen molar-refractivity contribution in [2.24, 2.45) is 0 Å². The SMILES string of the molecule is CCc1cc(=O)[nH]c(C2CCCCN2)n1. The molecule has 1 saturated heterocycles. The second kappa shape index (κ2) is 4.57. The van der Waals surface area contributed by atoms with Gasteiger partial charge in [-0.2, -0.15) is 0 Å². The summed E-state index contributed by atoms with van der Waals surface area (Å²) in [4.78, 5) is 18.7. The minimum absolute atomic E-state index is 0.0378. The summed E-state index contributed by atoms with van der Waals surface area (Å²) in [5, 5.41) is 3.38. The lowest BCUT2D eigenvalue weighted by Gasteiger charge is -2.22. The van der Waals surface area contributed by atoms with Crippen molar-refractivity contribution in [1.82, 2.24) is 15.3 Å². The van der Waals surface area contributed by atoms with Crippen LogP contribution in [0, 0.1) is 0 Å². The minimum atomic E-state index is -0.0378. The van der Waals surface area contributed by atoms with E-state index in [1.54, 1.807) is 6.07 Å². The lowest BCUT2D eigenvalue weighted by molar-refractivity contribution is 0.395. The summed E-state index contributed by atoms with van der Waals surface area (Å²) in [7, 11) is 0. The predicted octanol–water partition coefficient (Wildman–Crippen LogP) is 1.15. The largest absolute Gasteiger partial charge is 0.309 e. The topological polar surface area (TPSA) is 57.8 Å². The van der Waals surface area contributed by atoms with Crippen molar-refractivity contribution in [2.75, 3.05) is 6.54 Å². The number of H-pyrrole nitrogens is 1. The zero-order valence-electron chi connectivity index (χ0n) is 9.05. The average molecular weight is 207 g/mol. The quantitative estimate of drug-likeness (QED) is 0.764. The van der Waals surface area contributed by atoms with Gasteiger partial charge in [0.1, 0.15) is 5.82 Å². The number of piperidine rings is 1. The summed E-state index contributed by atoms with van der Waals surface area (Å²) in [6, 6.07) is 1.81. The summed E-state index contributed by atoms with van der Waals surface area (Å²) in [5.74, 6) is 0.805. The van der Waals surface area contributed by atoms with Crippen LogP contribution in [0.3, 0.4) is 0 Å². The molecule has 2 rings (SSSR count). The van der Waals surface area contributed by atoms with Gasteiger partial charge in [0.2, 0.25) is 0 Å². The minimum Gasteiger partial charge on any atom is -0.309 e. The molecule has 4 heteroatoms. The van der Waals surface area contributed by atoms with Gasteiger partial charge in [-0.05, 0) is 25.8 Å². The standard InChI is InChI=1S/C11H17N3O/c1-2-8-7-10(15)14-11(13-8)9-5-3-4-6-12-9/h7,9,12H,2-6H2,1H3,(H,13,14,15). The summed E-state index contributed by atoms with van der Waals surface area (Å²) < 4.78 is 0. The fourth-order valence-electron chi connectivity index (χ4n) is 1.96. The number of aromatic nitrogens is 2. The lowest BCUT2D eigenvalue weighted by Crippen LogP contribution is -2.30. The molecule has 2 N–H and O–H groups in total. The van der Waals surface area contributed by atoms with E-state index in [1.165, 1.54) is 12.8 Å². The van der Waals surface area contributed by atoms with Gasteiger partial charge >= 0.3 is 0 Å². The Kier molecular flexibility index (Phi) is 3.16. The molecule has 1 fully saturated rings. The van der Waals surface area contributed by atoms with Crippen molar-refractivity contribution < 1.29 is 0 Å². The van der Waals surface area contributed by atoms with Gasteiger partial charge in [-0.3, -0.25) is 4.79 Å². The first-order valence-corrected chi connectivity index (χ1v) is 5.63. The van der Waals surface area contributed by atoms with Crippen LogP contribution in [0.2, 0.25) is 0 Å². The second-order valence-corrected chi connectivity index (χ2v) is 3.98. The first kappa shape index (κ1) is 10.4. The van der Waals surface area contributed by atoms with E-state index in [0.717, 1.165) is 30.9 Å². The summed E-state index contributed by atoms with van der Waals surface area (Å²) >= 11 is 0. The van der Waals surface area contributed by atoms with Crippen LogP contribution >= 0.6 is 0 Å². The molecule has 15 heavy (non-hydrogen) atoms. The molecule has 1 atom stereocenters. The first-order valence-electron chi connectivity index (χ1n) is 5.63. The molecular formula is C11H17N3O. The van der Waals surface area contributed by atoms with Gasteiger partial charge in [-0.25, -0.2) is 4.98 Å². The first-order chi connectivity index (χ1) is 7.29. The Morgan fingerprint density at radius 1 is 1.53 bits per heavy atom. The molecule has 0 saturated carbocycles. The smallest absolute Gasteiger partial charge is 0.251 e. The fraction of sp³-hybridized carbons (Fsp3) is 0.636. The van der Waals surface area contributed by atoms with Crippen molar-refractivity contribution in [2.45, 2.75) is 38.6 Å². The van der Waals surface area contributed by atoms with E-state index in [1.807, 2.05) is 6.92 Å². The van der Waals surface area contributed by atoms with Gasteiger partial charge in [-0.15, -0.1) is 0 Å². The zero-order valence-corrected chi connectivity index (χ0v) is 9.05. The van der Waals surface area contributed by atoms with E-state index in [2.05, 4.69) is 15.3 Å². The average Bonchev–Trinajstić information content (AvgIpc) is 2.29. The van der Waals surface area contributed by atoms with E-state index < -0.39 is 0 Å². The van der Waals surface area contributed by atoms with Crippen molar-refractivity contribution in [3.63, 3.8) is 0 Å². The van der Waals surface area contributed by atoms with Crippen LogP contribution in [0.1, 0.15) is 43.7 Å².